The highest BCUT2D eigenvalue weighted by atomic mass is 16.5. The van der Waals surface area contributed by atoms with Crippen LogP contribution in [0.1, 0.15) is 34.1 Å². The van der Waals surface area contributed by atoms with Gasteiger partial charge in [0.05, 0.1) is 0 Å². The summed E-state index contributed by atoms with van der Waals surface area (Å²) in [5, 5.41) is 12.4. The first-order valence-corrected chi connectivity index (χ1v) is 5.83. The molecule has 0 aliphatic heterocycles. The minimum absolute atomic E-state index is 0.0658. The number of nitrogens with zero attached hydrogens (tertiary/aromatic N) is 1. The van der Waals surface area contributed by atoms with Crippen LogP contribution in [0.4, 0.5) is 0 Å². The van der Waals surface area contributed by atoms with Gasteiger partial charge in [0.15, 0.2) is 11.5 Å². The van der Waals surface area contributed by atoms with Crippen molar-refractivity contribution < 1.29 is 14.4 Å². The van der Waals surface area contributed by atoms with Crippen LogP contribution in [0.5, 0.6) is 0 Å². The summed E-state index contributed by atoms with van der Waals surface area (Å²) in [5.41, 5.74) is 4.29. The van der Waals surface area contributed by atoms with Crippen LogP contribution in [0.3, 0.4) is 0 Å². The Hall–Kier alpha value is -2.10. The van der Waals surface area contributed by atoms with Crippen LogP contribution in [-0.2, 0) is 6.42 Å². The zero-order chi connectivity index (χ0) is 13.3. The molecule has 2 rings (SSSR count). The van der Waals surface area contributed by atoms with Crippen LogP contribution in [-0.4, -0.2) is 16.2 Å². The van der Waals surface area contributed by atoms with Crippen molar-refractivity contribution in [2.45, 2.75) is 27.2 Å². The number of hydrogen-bond acceptors (Lipinski definition) is 3. The molecular formula is C14H15NO3. The van der Waals surface area contributed by atoms with Crippen molar-refractivity contribution in [2.75, 3.05) is 0 Å². The van der Waals surface area contributed by atoms with E-state index in [4.69, 9.17) is 9.63 Å². The second-order valence-electron chi connectivity index (χ2n) is 4.32. The Balaban J connectivity index is 2.55. The third kappa shape index (κ3) is 2.14. The first kappa shape index (κ1) is 12.4. The number of benzene rings is 1. The van der Waals surface area contributed by atoms with E-state index in [1.165, 1.54) is 11.6 Å². The van der Waals surface area contributed by atoms with E-state index in [9.17, 15) is 4.79 Å². The van der Waals surface area contributed by atoms with E-state index < -0.39 is 5.97 Å². The Morgan fingerprint density at radius 2 is 2.06 bits per heavy atom. The monoisotopic (exact) mass is 245 g/mol. The van der Waals surface area contributed by atoms with E-state index in [1.807, 2.05) is 19.9 Å². The zero-order valence-corrected chi connectivity index (χ0v) is 10.7. The quantitative estimate of drug-likeness (QED) is 0.901. The highest BCUT2D eigenvalue weighted by Crippen LogP contribution is 2.28. The summed E-state index contributed by atoms with van der Waals surface area (Å²) in [6.07, 6.45) is 0.925. The highest BCUT2D eigenvalue weighted by molar-refractivity contribution is 5.86. The molecule has 0 radical (unpaired) electrons. The van der Waals surface area contributed by atoms with Crippen molar-refractivity contribution >= 4 is 5.97 Å². The molecule has 0 aliphatic rings. The molecule has 1 aromatic heterocycles. The van der Waals surface area contributed by atoms with Crippen LogP contribution in [0, 0.1) is 13.8 Å². The fourth-order valence-corrected chi connectivity index (χ4v) is 1.90. The summed E-state index contributed by atoms with van der Waals surface area (Å²) >= 11 is 0. The van der Waals surface area contributed by atoms with Crippen molar-refractivity contribution in [3.8, 4) is 11.3 Å². The van der Waals surface area contributed by atoms with Gasteiger partial charge < -0.3 is 9.63 Å². The van der Waals surface area contributed by atoms with Gasteiger partial charge in [0.1, 0.15) is 0 Å². The zero-order valence-electron chi connectivity index (χ0n) is 10.7. The third-order valence-electron chi connectivity index (χ3n) is 3.13. The number of carbonyl (C=O) groups is 1. The maximum absolute atomic E-state index is 10.8. The molecule has 18 heavy (non-hydrogen) atoms. The van der Waals surface area contributed by atoms with E-state index in [1.54, 1.807) is 0 Å². The topological polar surface area (TPSA) is 63.3 Å². The van der Waals surface area contributed by atoms with E-state index in [0.29, 0.717) is 5.76 Å². The molecule has 0 atom stereocenters. The van der Waals surface area contributed by atoms with Crippen molar-refractivity contribution in [1.29, 1.82) is 0 Å². The smallest absolute Gasteiger partial charge is 0.358 e. The average molecular weight is 245 g/mol. The minimum Gasteiger partial charge on any atom is -0.476 e. The predicted molar refractivity (Wildman–Crippen MR) is 67.8 cm³/mol. The molecule has 0 bridgehead atoms. The van der Waals surface area contributed by atoms with Gasteiger partial charge in [-0.3, -0.25) is 0 Å². The van der Waals surface area contributed by atoms with Gasteiger partial charge in [-0.05, 0) is 43.0 Å². The summed E-state index contributed by atoms with van der Waals surface area (Å²) in [7, 11) is 0. The first-order valence-electron chi connectivity index (χ1n) is 5.83. The van der Waals surface area contributed by atoms with Crippen molar-refractivity contribution in [3.63, 3.8) is 0 Å². The van der Waals surface area contributed by atoms with Crippen molar-refractivity contribution in [2.24, 2.45) is 0 Å². The molecule has 4 nitrogen and oxygen atoms in total. The number of aromatic carboxylic acids is 1. The molecule has 0 amide bonds. The van der Waals surface area contributed by atoms with Crippen molar-refractivity contribution in [1.82, 2.24) is 5.16 Å². The summed E-state index contributed by atoms with van der Waals surface area (Å²) in [4.78, 5) is 10.8. The van der Waals surface area contributed by atoms with Gasteiger partial charge in [0, 0.05) is 11.6 Å². The van der Waals surface area contributed by atoms with E-state index in [2.05, 4.69) is 18.1 Å². The number of aryl methyl sites for hydroxylation is 2. The third-order valence-corrected chi connectivity index (χ3v) is 3.13. The lowest BCUT2D eigenvalue weighted by Crippen LogP contribution is -1.94. The largest absolute Gasteiger partial charge is 0.476 e. The Morgan fingerprint density at radius 3 is 2.61 bits per heavy atom. The van der Waals surface area contributed by atoms with E-state index in [-0.39, 0.29) is 5.69 Å². The molecule has 94 valence electrons. The lowest BCUT2D eigenvalue weighted by molar-refractivity contribution is 0.0686. The van der Waals surface area contributed by atoms with Gasteiger partial charge in [0.25, 0.3) is 0 Å². The molecule has 1 N–H and O–H groups in total. The molecule has 0 spiro atoms. The van der Waals surface area contributed by atoms with Gasteiger partial charge >= 0.3 is 5.97 Å². The van der Waals surface area contributed by atoms with Crippen LogP contribution in [0.2, 0.25) is 0 Å². The summed E-state index contributed by atoms with van der Waals surface area (Å²) in [6.45, 7) is 6.11. The Labute approximate surface area is 105 Å². The summed E-state index contributed by atoms with van der Waals surface area (Å²) < 4.78 is 5.12. The van der Waals surface area contributed by atoms with Gasteiger partial charge in [-0.25, -0.2) is 4.79 Å². The van der Waals surface area contributed by atoms with E-state index in [0.717, 1.165) is 23.1 Å². The Bertz CT molecular complexity index is 599. The molecule has 0 fully saturated rings. The number of carboxylic acid groups (broad SMARTS) is 1. The second-order valence-corrected chi connectivity index (χ2v) is 4.32. The van der Waals surface area contributed by atoms with Crippen LogP contribution in [0.15, 0.2) is 22.7 Å². The molecule has 4 heteroatoms. The fraction of sp³-hybridized carbons (Fsp3) is 0.286. The fourth-order valence-electron chi connectivity index (χ4n) is 1.90. The maximum atomic E-state index is 10.8. The maximum Gasteiger partial charge on any atom is 0.358 e. The standard InChI is InChI=1S/C14H15NO3/c1-4-10-5-8(2)9(3)11(6-10)13-7-12(14(16)17)15-18-13/h5-7H,4H2,1-3H3,(H,16,17). The molecule has 1 heterocycles. The molecule has 2 aromatic rings. The first-order chi connectivity index (χ1) is 8.52. The number of aromatic nitrogens is 1. The normalized spacial score (nSPS) is 10.6. The van der Waals surface area contributed by atoms with E-state index >= 15 is 0 Å². The Morgan fingerprint density at radius 1 is 1.33 bits per heavy atom. The molecule has 0 saturated carbocycles. The van der Waals surface area contributed by atoms with Gasteiger partial charge in [-0.2, -0.15) is 0 Å². The molecule has 0 aliphatic carbocycles. The average Bonchev–Trinajstić information content (AvgIpc) is 2.82. The lowest BCUT2D eigenvalue weighted by atomic mass is 9.97. The second kappa shape index (κ2) is 4.64. The van der Waals surface area contributed by atoms with Crippen LogP contribution in [0.25, 0.3) is 11.3 Å². The highest BCUT2D eigenvalue weighted by Gasteiger charge is 2.15. The van der Waals surface area contributed by atoms with Gasteiger partial charge in [0.2, 0.25) is 0 Å². The SMILES string of the molecule is CCc1cc(C)c(C)c(-c2cc(C(=O)O)no2)c1. The molecule has 0 unspecified atom stereocenters. The van der Waals surface area contributed by atoms with Crippen LogP contribution >= 0.6 is 0 Å². The molecule has 1 aromatic carbocycles. The number of hydrogen-bond donors (Lipinski definition) is 1. The minimum atomic E-state index is -1.08. The van der Waals surface area contributed by atoms with Crippen LogP contribution < -0.4 is 0 Å². The molecular weight excluding hydrogens is 230 g/mol. The molecule has 0 saturated heterocycles. The summed E-state index contributed by atoms with van der Waals surface area (Å²) in [6, 6.07) is 5.62. The number of carboxylic acids is 1. The van der Waals surface area contributed by atoms with Gasteiger partial charge in [-0.1, -0.05) is 18.1 Å². The number of rotatable bonds is 3. The summed E-state index contributed by atoms with van der Waals surface area (Å²) in [5.74, 6) is -0.575. The Kier molecular flexibility index (Phi) is 3.19. The lowest BCUT2D eigenvalue weighted by Gasteiger charge is -2.08. The van der Waals surface area contributed by atoms with Gasteiger partial charge in [-0.15, -0.1) is 0 Å². The van der Waals surface area contributed by atoms with Crippen molar-refractivity contribution in [3.05, 3.63) is 40.6 Å². The predicted octanol–water partition coefficient (Wildman–Crippen LogP) is 3.22.